The minimum Gasteiger partial charge on any atom is -0.467 e. The number of anilines is 1. The summed E-state index contributed by atoms with van der Waals surface area (Å²) in [5.74, 6) is -0.964. The van der Waals surface area contributed by atoms with E-state index < -0.39 is 39.9 Å². The minimum absolute atomic E-state index is 0.0479. The van der Waals surface area contributed by atoms with Crippen molar-refractivity contribution in [3.05, 3.63) is 47.3 Å². The van der Waals surface area contributed by atoms with Gasteiger partial charge in [-0.3, -0.25) is 9.69 Å². The van der Waals surface area contributed by atoms with Gasteiger partial charge in [0.2, 0.25) is 11.9 Å². The van der Waals surface area contributed by atoms with Gasteiger partial charge in [-0.2, -0.15) is 0 Å². The summed E-state index contributed by atoms with van der Waals surface area (Å²) in [6.07, 6.45) is 5.24. The Morgan fingerprint density at radius 3 is 2.32 bits per heavy atom. The number of benzene rings is 1. The highest BCUT2D eigenvalue weighted by Gasteiger charge is 2.53. The molecule has 2 aliphatic rings. The quantitative estimate of drug-likeness (QED) is 0.511. The predicted octanol–water partition coefficient (Wildman–Crippen LogP) is 2.42. The topological polar surface area (TPSA) is 139 Å². The summed E-state index contributed by atoms with van der Waals surface area (Å²) in [4.78, 5) is 48.2. The molecule has 2 fully saturated rings. The first-order chi connectivity index (χ1) is 17.5. The molecule has 1 N–H and O–H groups in total. The molecular weight excluding hydrogens is 498 g/mol. The van der Waals surface area contributed by atoms with Crippen LogP contribution in [-0.2, 0) is 24.3 Å². The molecule has 0 bridgehead atoms. The van der Waals surface area contributed by atoms with Crippen molar-refractivity contribution >= 4 is 33.9 Å². The Morgan fingerprint density at radius 2 is 1.73 bits per heavy atom. The molecule has 1 atom stereocenters. The van der Waals surface area contributed by atoms with E-state index in [9.17, 15) is 22.8 Å². The van der Waals surface area contributed by atoms with E-state index in [0.29, 0.717) is 40.8 Å². The van der Waals surface area contributed by atoms with Crippen LogP contribution in [0.3, 0.4) is 0 Å². The Morgan fingerprint density at radius 1 is 1.11 bits per heavy atom. The number of nitrogens with one attached hydrogen (secondary N) is 1. The number of imide groups is 1. The van der Waals surface area contributed by atoms with E-state index in [1.807, 2.05) is 6.92 Å². The molecule has 0 spiro atoms. The van der Waals surface area contributed by atoms with Gasteiger partial charge in [0, 0.05) is 24.9 Å². The van der Waals surface area contributed by atoms with Gasteiger partial charge in [0.1, 0.15) is 0 Å². The van der Waals surface area contributed by atoms with E-state index >= 15 is 0 Å². The van der Waals surface area contributed by atoms with E-state index in [1.54, 1.807) is 44.4 Å². The minimum atomic E-state index is -4.43. The van der Waals surface area contributed by atoms with Crippen LogP contribution in [0.25, 0.3) is 0 Å². The number of aryl methyl sites for hydroxylation is 3. The molecule has 2 aromatic rings. The Kier molecular flexibility index (Phi) is 7.49. The van der Waals surface area contributed by atoms with Crippen LogP contribution in [0.5, 0.6) is 0 Å². The molecule has 11 nitrogen and oxygen atoms in total. The number of amides is 3. The SMILES string of the molecule is COC(=O)C1CN(C(=O)C2CC(CCNc3ncccn3)C2)C(=O)N1S(=O)(=O)c1c(C)cc(C)cc1C. The van der Waals surface area contributed by atoms with E-state index in [0.717, 1.165) is 24.0 Å². The number of hydrogen-bond acceptors (Lipinski definition) is 9. The van der Waals surface area contributed by atoms with Crippen LogP contribution >= 0.6 is 0 Å². The molecular formula is C25H31N5O6S. The number of esters is 1. The van der Waals surface area contributed by atoms with Gasteiger partial charge < -0.3 is 10.1 Å². The third-order valence-electron chi connectivity index (χ3n) is 6.91. The highest BCUT2D eigenvalue weighted by Crippen LogP contribution is 2.39. The van der Waals surface area contributed by atoms with Crippen molar-refractivity contribution in [2.75, 3.05) is 25.5 Å². The van der Waals surface area contributed by atoms with Crippen LogP contribution in [0.15, 0.2) is 35.5 Å². The highest BCUT2D eigenvalue weighted by molar-refractivity contribution is 7.89. The Hall–Kier alpha value is -3.54. The molecule has 1 unspecified atom stereocenters. The maximum Gasteiger partial charge on any atom is 0.341 e. The lowest BCUT2D eigenvalue weighted by Crippen LogP contribution is -2.46. The Labute approximate surface area is 216 Å². The second-order valence-corrected chi connectivity index (χ2v) is 11.4. The number of rotatable bonds is 8. The first-order valence-corrected chi connectivity index (χ1v) is 13.5. The number of aromatic nitrogens is 2. The van der Waals surface area contributed by atoms with Gasteiger partial charge in [-0.1, -0.05) is 17.7 Å². The first kappa shape index (κ1) is 26.5. The average molecular weight is 530 g/mol. The van der Waals surface area contributed by atoms with Crippen molar-refractivity contribution in [3.8, 4) is 0 Å². The Bertz CT molecular complexity index is 1290. The molecule has 1 saturated heterocycles. The Balaban J connectivity index is 1.46. The van der Waals surface area contributed by atoms with Gasteiger partial charge in [-0.25, -0.2) is 32.3 Å². The molecule has 2 heterocycles. The molecule has 4 rings (SSSR count). The average Bonchev–Trinajstić information content (AvgIpc) is 3.17. The van der Waals surface area contributed by atoms with Crippen molar-refractivity contribution in [2.24, 2.45) is 11.8 Å². The van der Waals surface area contributed by atoms with E-state index in [2.05, 4.69) is 15.3 Å². The molecule has 1 aromatic heterocycles. The number of urea groups is 1. The summed E-state index contributed by atoms with van der Waals surface area (Å²) in [7, 11) is -3.31. The fourth-order valence-corrected chi connectivity index (χ4v) is 7.10. The van der Waals surface area contributed by atoms with Crippen LogP contribution in [-0.4, -0.2) is 71.7 Å². The third-order valence-corrected chi connectivity index (χ3v) is 8.99. The molecule has 1 aliphatic heterocycles. The van der Waals surface area contributed by atoms with Gasteiger partial charge in [0.25, 0.3) is 10.0 Å². The van der Waals surface area contributed by atoms with Crippen LogP contribution in [0.4, 0.5) is 10.7 Å². The maximum atomic E-state index is 13.7. The number of hydrogen-bond donors (Lipinski definition) is 1. The lowest BCUT2D eigenvalue weighted by molar-refractivity contribution is -0.144. The monoisotopic (exact) mass is 529 g/mol. The molecule has 198 valence electrons. The van der Waals surface area contributed by atoms with Gasteiger partial charge in [0.05, 0.1) is 18.6 Å². The lowest BCUT2D eigenvalue weighted by atomic mass is 9.72. The summed E-state index contributed by atoms with van der Waals surface area (Å²) < 4.78 is 32.7. The molecule has 3 amide bonds. The second-order valence-electron chi connectivity index (χ2n) is 9.62. The fourth-order valence-electron chi connectivity index (χ4n) is 5.18. The molecule has 37 heavy (non-hydrogen) atoms. The van der Waals surface area contributed by atoms with E-state index in [1.165, 1.54) is 0 Å². The molecule has 12 heteroatoms. The third kappa shape index (κ3) is 5.15. The summed E-state index contributed by atoms with van der Waals surface area (Å²) in [6, 6.07) is 2.66. The van der Waals surface area contributed by atoms with Gasteiger partial charge in [-0.15, -0.1) is 0 Å². The van der Waals surface area contributed by atoms with Gasteiger partial charge in [0.15, 0.2) is 6.04 Å². The molecule has 0 radical (unpaired) electrons. The van der Waals surface area contributed by atoms with Gasteiger partial charge in [-0.05, 0) is 63.1 Å². The number of carbonyl (C=O) groups is 3. The van der Waals surface area contributed by atoms with Crippen molar-refractivity contribution < 1.29 is 27.5 Å². The number of methoxy groups -OCH3 is 1. The highest BCUT2D eigenvalue weighted by atomic mass is 32.2. The number of sulfonamides is 1. The van der Waals surface area contributed by atoms with Crippen molar-refractivity contribution in [2.45, 2.75) is 51.0 Å². The van der Waals surface area contributed by atoms with Crippen LogP contribution in [0, 0.1) is 32.6 Å². The maximum absolute atomic E-state index is 13.7. The molecule has 1 aliphatic carbocycles. The number of carbonyl (C=O) groups excluding carboxylic acids is 3. The van der Waals surface area contributed by atoms with E-state index in [4.69, 9.17) is 4.74 Å². The van der Waals surface area contributed by atoms with Crippen LogP contribution in [0.1, 0.15) is 36.0 Å². The first-order valence-electron chi connectivity index (χ1n) is 12.1. The van der Waals surface area contributed by atoms with Crippen molar-refractivity contribution in [3.63, 3.8) is 0 Å². The molecule has 1 saturated carbocycles. The van der Waals surface area contributed by atoms with Crippen molar-refractivity contribution in [1.82, 2.24) is 19.2 Å². The summed E-state index contributed by atoms with van der Waals surface area (Å²) in [5, 5.41) is 3.13. The number of ether oxygens (including phenoxy) is 1. The fraction of sp³-hybridized carbons (Fsp3) is 0.480. The van der Waals surface area contributed by atoms with Crippen molar-refractivity contribution in [1.29, 1.82) is 0 Å². The summed E-state index contributed by atoms with van der Waals surface area (Å²) in [6.45, 7) is 5.38. The van der Waals surface area contributed by atoms with Crippen LogP contribution in [0.2, 0.25) is 0 Å². The zero-order valence-corrected chi connectivity index (χ0v) is 22.1. The summed E-state index contributed by atoms with van der Waals surface area (Å²) in [5.41, 5.74) is 1.78. The lowest BCUT2D eigenvalue weighted by Gasteiger charge is -2.36. The van der Waals surface area contributed by atoms with E-state index in [-0.39, 0.29) is 17.4 Å². The smallest absolute Gasteiger partial charge is 0.341 e. The zero-order valence-electron chi connectivity index (χ0n) is 21.3. The predicted molar refractivity (Wildman–Crippen MR) is 134 cm³/mol. The zero-order chi connectivity index (χ0) is 26.9. The largest absolute Gasteiger partial charge is 0.467 e. The summed E-state index contributed by atoms with van der Waals surface area (Å²) >= 11 is 0. The normalized spacial score (nSPS) is 21.5. The van der Waals surface area contributed by atoms with Crippen LogP contribution < -0.4 is 5.32 Å². The standard InChI is InChI=1S/C25H31N5O6S/c1-15-10-16(2)21(17(3)11-15)37(34,35)30-20(23(32)36-4)14-29(25(30)33)22(31)19-12-18(13-19)6-9-28-24-26-7-5-8-27-24/h5,7-8,10-11,18-20H,6,9,12-14H2,1-4H3,(H,26,27,28). The second kappa shape index (κ2) is 10.4. The molecule has 1 aromatic carbocycles. The number of nitrogens with zero attached hydrogens (tertiary/aromatic N) is 4. The van der Waals surface area contributed by atoms with Gasteiger partial charge >= 0.3 is 12.0 Å².